The van der Waals surface area contributed by atoms with Gasteiger partial charge in [-0.05, 0) is 73.8 Å². The molecule has 5 rings (SSSR count). The smallest absolute Gasteiger partial charge is 0.304 e. The third-order valence-electron chi connectivity index (χ3n) is 6.52. The molecule has 1 radical (unpaired) electrons. The molecule has 2 fully saturated rings. The zero-order chi connectivity index (χ0) is 18.9. The van der Waals surface area contributed by atoms with E-state index in [1.807, 2.05) is 17.4 Å². The summed E-state index contributed by atoms with van der Waals surface area (Å²) in [4.78, 5) is 18.2. The van der Waals surface area contributed by atoms with Crippen LogP contribution in [0.25, 0.3) is 0 Å². The van der Waals surface area contributed by atoms with Gasteiger partial charge in [-0.3, -0.25) is 4.90 Å². The zero-order valence-electron chi connectivity index (χ0n) is 16.1. The Morgan fingerprint density at radius 2 is 1.89 bits per heavy atom. The Morgan fingerprint density at radius 3 is 2.64 bits per heavy atom. The molecule has 2 saturated heterocycles. The van der Waals surface area contributed by atoms with Gasteiger partial charge >= 0.3 is 6.03 Å². The lowest BCUT2D eigenvalue weighted by Gasteiger charge is -2.42. The summed E-state index contributed by atoms with van der Waals surface area (Å²) in [6.07, 6.45) is 4.99. The summed E-state index contributed by atoms with van der Waals surface area (Å²) >= 11 is 1.87. The summed E-state index contributed by atoms with van der Waals surface area (Å²) in [5.41, 5.74) is 2.99. The van der Waals surface area contributed by atoms with Gasteiger partial charge in [0.1, 0.15) is 0 Å². The van der Waals surface area contributed by atoms with Gasteiger partial charge in [0.25, 0.3) is 0 Å². The number of likely N-dealkylation sites (tertiary alicyclic amines) is 2. The third kappa shape index (κ3) is 3.81. The number of rotatable bonds is 4. The third-order valence-corrected chi connectivity index (χ3v) is 7.38. The molecule has 2 aromatic rings. The highest BCUT2D eigenvalue weighted by atomic mass is 32.1. The van der Waals surface area contributed by atoms with E-state index >= 15 is 0 Å². The van der Waals surface area contributed by atoms with E-state index in [-0.39, 0.29) is 6.03 Å². The second-order valence-electron chi connectivity index (χ2n) is 8.22. The highest BCUT2D eigenvalue weighted by Crippen LogP contribution is 2.35. The lowest BCUT2D eigenvalue weighted by Crippen LogP contribution is -2.47. The Morgan fingerprint density at radius 1 is 1.07 bits per heavy atom. The topological polar surface area (TPSA) is 49.7 Å². The fourth-order valence-corrected chi connectivity index (χ4v) is 5.66. The molecule has 1 N–H and O–H groups in total. The Kier molecular flexibility index (Phi) is 5.09. The van der Waals surface area contributed by atoms with E-state index in [4.69, 9.17) is 0 Å². The van der Waals surface area contributed by atoms with Crippen LogP contribution in [0.15, 0.2) is 35.7 Å². The van der Waals surface area contributed by atoms with Gasteiger partial charge in [-0.15, -0.1) is 11.3 Å². The molecular formula is C22H27N4OS. The molecule has 0 spiro atoms. The number of nitrogens with one attached hydrogen (secondary N) is 1. The van der Waals surface area contributed by atoms with Crippen molar-refractivity contribution in [2.24, 2.45) is 0 Å². The molecule has 147 valence electrons. The molecule has 1 aromatic carbocycles. The van der Waals surface area contributed by atoms with Crippen LogP contribution >= 0.6 is 11.3 Å². The molecule has 28 heavy (non-hydrogen) atoms. The van der Waals surface area contributed by atoms with Crippen LogP contribution in [0.2, 0.25) is 0 Å². The van der Waals surface area contributed by atoms with Crippen LogP contribution in [-0.2, 0) is 6.54 Å². The predicted octanol–water partition coefficient (Wildman–Crippen LogP) is 4.37. The highest BCUT2D eigenvalue weighted by Gasteiger charge is 2.29. The number of piperidine rings is 2. The number of fused-ring (bicyclic) bond motifs is 1. The van der Waals surface area contributed by atoms with Gasteiger partial charge in [0.15, 0.2) is 0 Å². The van der Waals surface area contributed by atoms with Gasteiger partial charge in [-0.2, -0.15) is 5.32 Å². The van der Waals surface area contributed by atoms with Crippen molar-refractivity contribution in [2.75, 3.05) is 31.5 Å². The van der Waals surface area contributed by atoms with Crippen LogP contribution in [0.3, 0.4) is 0 Å². The Labute approximate surface area is 170 Å². The summed E-state index contributed by atoms with van der Waals surface area (Å²) in [6.45, 7) is 5.93. The van der Waals surface area contributed by atoms with Gasteiger partial charge in [-0.1, -0.05) is 12.1 Å². The first kappa shape index (κ1) is 18.2. The molecule has 2 amide bonds. The van der Waals surface area contributed by atoms with E-state index < -0.39 is 0 Å². The molecule has 6 heteroatoms. The number of urea groups is 1. The summed E-state index contributed by atoms with van der Waals surface area (Å²) in [7, 11) is 0. The number of hydrogen-bond donors (Lipinski definition) is 1. The van der Waals surface area contributed by atoms with Crippen molar-refractivity contribution in [3.8, 4) is 0 Å². The second kappa shape index (κ2) is 7.85. The molecule has 0 saturated carbocycles. The number of hydrogen-bond acceptors (Lipinski definition) is 4. The summed E-state index contributed by atoms with van der Waals surface area (Å²) in [5.74, 6) is 0.589. The Bertz CT molecular complexity index is 821. The largest absolute Gasteiger partial charge is 0.346 e. The first-order valence-electron chi connectivity index (χ1n) is 10.4. The molecular weight excluding hydrogens is 368 g/mol. The van der Waals surface area contributed by atoms with Gasteiger partial charge in [0, 0.05) is 30.6 Å². The fourth-order valence-electron chi connectivity index (χ4n) is 4.92. The van der Waals surface area contributed by atoms with E-state index in [1.165, 1.54) is 62.3 Å². The molecule has 3 aliphatic rings. The van der Waals surface area contributed by atoms with Crippen LogP contribution in [0.5, 0.6) is 0 Å². The SMILES string of the molecule is O=C1[N]c2cc(C3CCN(C4CCN(Cc5cccs5)CC4)CC3)ccc2N1. The molecule has 5 nitrogen and oxygen atoms in total. The molecule has 1 aromatic heterocycles. The molecule has 0 aliphatic carbocycles. The van der Waals surface area contributed by atoms with Crippen molar-refractivity contribution in [1.82, 2.24) is 15.1 Å². The number of carbonyl (C=O) groups excluding carboxylic acids is 1. The number of thiophene rings is 1. The van der Waals surface area contributed by atoms with Crippen molar-refractivity contribution in [3.63, 3.8) is 0 Å². The Balaban J connectivity index is 1.12. The normalized spacial score (nSPS) is 22.1. The standard InChI is InChI=1S/C22H27N4OS/c27-22-23-20-4-3-17(14-21(20)24-22)16-5-11-26(12-6-16)18-7-9-25(10-8-18)15-19-2-1-13-28-19/h1-4,13-14,16,18H,5-12,15H2,(H,23,27). The monoisotopic (exact) mass is 395 g/mol. The quantitative estimate of drug-likeness (QED) is 0.836. The number of amides is 2. The number of anilines is 1. The minimum atomic E-state index is -0.243. The molecule has 0 unspecified atom stereocenters. The fraction of sp³-hybridized carbons (Fsp3) is 0.500. The van der Waals surface area contributed by atoms with E-state index in [0.717, 1.165) is 24.0 Å². The first-order valence-corrected chi connectivity index (χ1v) is 11.3. The van der Waals surface area contributed by atoms with E-state index in [2.05, 4.69) is 50.1 Å². The maximum Gasteiger partial charge on any atom is 0.346 e. The molecule has 0 bridgehead atoms. The van der Waals surface area contributed by atoms with Crippen molar-refractivity contribution in [1.29, 1.82) is 0 Å². The predicted molar refractivity (Wildman–Crippen MR) is 113 cm³/mol. The average Bonchev–Trinajstić information content (AvgIpc) is 3.36. The molecule has 4 heterocycles. The van der Waals surface area contributed by atoms with Gasteiger partial charge in [0.2, 0.25) is 0 Å². The van der Waals surface area contributed by atoms with Crippen LogP contribution < -0.4 is 10.6 Å². The minimum absolute atomic E-state index is 0.243. The maximum absolute atomic E-state index is 11.4. The molecule has 3 aliphatic heterocycles. The van der Waals surface area contributed by atoms with Crippen LogP contribution in [0.4, 0.5) is 16.2 Å². The van der Waals surface area contributed by atoms with Gasteiger partial charge in [-0.25, -0.2) is 4.79 Å². The summed E-state index contributed by atoms with van der Waals surface area (Å²) in [6, 6.07) is 11.2. The van der Waals surface area contributed by atoms with E-state index in [1.54, 1.807) is 0 Å². The maximum atomic E-state index is 11.4. The lowest BCUT2D eigenvalue weighted by atomic mass is 9.87. The lowest BCUT2D eigenvalue weighted by molar-refractivity contribution is 0.0850. The first-order chi connectivity index (χ1) is 13.7. The van der Waals surface area contributed by atoms with Crippen molar-refractivity contribution >= 4 is 28.7 Å². The number of carbonyl (C=O) groups is 1. The van der Waals surface area contributed by atoms with Crippen LogP contribution in [-0.4, -0.2) is 48.1 Å². The summed E-state index contributed by atoms with van der Waals surface area (Å²) in [5, 5.41) is 9.02. The van der Waals surface area contributed by atoms with E-state index in [0.29, 0.717) is 5.92 Å². The summed E-state index contributed by atoms with van der Waals surface area (Å²) < 4.78 is 0. The van der Waals surface area contributed by atoms with Gasteiger partial charge < -0.3 is 10.2 Å². The van der Waals surface area contributed by atoms with Gasteiger partial charge in [0.05, 0.1) is 11.4 Å². The van der Waals surface area contributed by atoms with Crippen molar-refractivity contribution in [3.05, 3.63) is 46.2 Å². The minimum Gasteiger partial charge on any atom is -0.304 e. The Hall–Kier alpha value is -1.89. The van der Waals surface area contributed by atoms with Crippen molar-refractivity contribution < 1.29 is 4.79 Å². The van der Waals surface area contributed by atoms with Crippen molar-refractivity contribution in [2.45, 2.75) is 44.2 Å². The number of nitrogens with zero attached hydrogens (tertiary/aromatic N) is 3. The average molecular weight is 396 g/mol. The van der Waals surface area contributed by atoms with Crippen LogP contribution in [0.1, 0.15) is 42.0 Å². The number of benzene rings is 1. The van der Waals surface area contributed by atoms with Crippen LogP contribution in [0, 0.1) is 0 Å². The molecule has 0 atom stereocenters. The van der Waals surface area contributed by atoms with E-state index in [9.17, 15) is 4.79 Å². The second-order valence-corrected chi connectivity index (χ2v) is 9.25. The zero-order valence-corrected chi connectivity index (χ0v) is 17.0. The highest BCUT2D eigenvalue weighted by molar-refractivity contribution is 7.09.